The van der Waals surface area contributed by atoms with E-state index in [4.69, 9.17) is 0 Å². The van der Waals surface area contributed by atoms with Gasteiger partial charge in [-0.25, -0.2) is 4.79 Å². The van der Waals surface area contributed by atoms with Crippen LogP contribution in [-0.2, 0) is 9.53 Å². The van der Waals surface area contributed by atoms with Gasteiger partial charge in [0.2, 0.25) is 0 Å². The number of esters is 1. The molecule has 0 aromatic heterocycles. The summed E-state index contributed by atoms with van der Waals surface area (Å²) in [4.78, 5) is 13.6. The molecule has 0 aliphatic carbocycles. The second-order valence-electron chi connectivity index (χ2n) is 4.94. The highest BCUT2D eigenvalue weighted by atomic mass is 16.5. The topological polar surface area (TPSA) is 61.8 Å². The molecule has 0 aromatic rings. The Kier molecular flexibility index (Phi) is 5.36. The van der Waals surface area contributed by atoms with Gasteiger partial charge in [0.1, 0.15) is 0 Å². The van der Waals surface area contributed by atoms with Crippen molar-refractivity contribution in [2.24, 2.45) is 0 Å². The first-order valence-electron chi connectivity index (χ1n) is 6.20. The second kappa shape index (κ2) is 6.33. The van der Waals surface area contributed by atoms with Crippen molar-refractivity contribution in [2.45, 2.75) is 37.8 Å². The molecule has 2 N–H and O–H groups in total. The van der Waals surface area contributed by atoms with Crippen molar-refractivity contribution in [3.63, 3.8) is 0 Å². The Bertz CT molecular complexity index is 254. The molecule has 2 unspecified atom stereocenters. The number of hydrogen-bond donors (Lipinski definition) is 2. The van der Waals surface area contributed by atoms with Gasteiger partial charge in [0.15, 0.2) is 5.60 Å². The van der Waals surface area contributed by atoms with Crippen LogP contribution >= 0.6 is 0 Å². The van der Waals surface area contributed by atoms with Crippen LogP contribution in [0.1, 0.15) is 26.2 Å². The molecule has 2 atom stereocenters. The quantitative estimate of drug-likeness (QED) is 0.666. The number of nitrogens with one attached hydrogen (secondary N) is 1. The number of likely N-dealkylation sites (N-methyl/N-ethyl adjacent to an activating group) is 1. The summed E-state index contributed by atoms with van der Waals surface area (Å²) >= 11 is 0. The van der Waals surface area contributed by atoms with Crippen LogP contribution in [0.4, 0.5) is 0 Å². The van der Waals surface area contributed by atoms with Crippen molar-refractivity contribution < 1.29 is 14.6 Å². The van der Waals surface area contributed by atoms with Gasteiger partial charge < -0.3 is 15.2 Å². The van der Waals surface area contributed by atoms with Gasteiger partial charge in [0.05, 0.1) is 7.11 Å². The molecule has 0 spiro atoms. The molecule has 0 amide bonds. The van der Waals surface area contributed by atoms with E-state index in [1.54, 1.807) is 0 Å². The number of carbonyl (C=O) groups is 1. The molecule has 1 aliphatic heterocycles. The highest BCUT2D eigenvalue weighted by Gasteiger charge is 2.36. The zero-order chi connectivity index (χ0) is 12.9. The number of β-amino-alcohol motifs (C(OH)–C–C–N with tert-alkyl or cyclic N) is 1. The number of piperidine rings is 1. The molecule has 0 bridgehead atoms. The Morgan fingerprint density at radius 1 is 1.59 bits per heavy atom. The van der Waals surface area contributed by atoms with Gasteiger partial charge in [-0.15, -0.1) is 0 Å². The summed E-state index contributed by atoms with van der Waals surface area (Å²) in [7, 11) is 3.23. The third kappa shape index (κ3) is 3.94. The average molecular weight is 244 g/mol. The van der Waals surface area contributed by atoms with Gasteiger partial charge >= 0.3 is 5.97 Å². The van der Waals surface area contributed by atoms with E-state index in [0.717, 1.165) is 25.9 Å². The summed E-state index contributed by atoms with van der Waals surface area (Å²) in [6, 6.07) is 0.393. The minimum absolute atomic E-state index is 0.339. The van der Waals surface area contributed by atoms with E-state index >= 15 is 0 Å². The van der Waals surface area contributed by atoms with Crippen LogP contribution < -0.4 is 5.32 Å². The summed E-state index contributed by atoms with van der Waals surface area (Å²) in [5.41, 5.74) is -1.42. The van der Waals surface area contributed by atoms with E-state index in [1.807, 2.05) is 7.05 Å². The Morgan fingerprint density at radius 2 is 2.29 bits per heavy atom. The maximum atomic E-state index is 11.5. The van der Waals surface area contributed by atoms with E-state index in [2.05, 4.69) is 15.0 Å². The minimum Gasteiger partial charge on any atom is -0.467 e. The van der Waals surface area contributed by atoms with E-state index < -0.39 is 11.6 Å². The largest absolute Gasteiger partial charge is 0.467 e. The smallest absolute Gasteiger partial charge is 0.338 e. The number of aliphatic hydroxyl groups is 1. The standard InChI is InChI=1S/C12H24N2O3/c1-12(16,11(15)17-3)9-14-7-5-4-6-10(14)8-13-2/h10,13,16H,4-9H2,1-3H3. The molecule has 100 valence electrons. The van der Waals surface area contributed by atoms with Crippen molar-refractivity contribution in [1.82, 2.24) is 10.2 Å². The molecule has 5 heteroatoms. The van der Waals surface area contributed by atoms with E-state index in [9.17, 15) is 9.90 Å². The number of hydrogen-bond acceptors (Lipinski definition) is 5. The Balaban J connectivity index is 2.60. The van der Waals surface area contributed by atoms with Crippen LogP contribution in [0.3, 0.4) is 0 Å². The van der Waals surface area contributed by atoms with Gasteiger partial charge in [-0.05, 0) is 33.4 Å². The third-order valence-electron chi connectivity index (χ3n) is 3.32. The van der Waals surface area contributed by atoms with Crippen molar-refractivity contribution in [3.05, 3.63) is 0 Å². The average Bonchev–Trinajstić information content (AvgIpc) is 2.30. The lowest BCUT2D eigenvalue weighted by atomic mass is 9.98. The molecule has 0 saturated carbocycles. The first-order valence-corrected chi connectivity index (χ1v) is 6.20. The van der Waals surface area contributed by atoms with Crippen LogP contribution in [0.5, 0.6) is 0 Å². The minimum atomic E-state index is -1.42. The number of nitrogens with zero attached hydrogens (tertiary/aromatic N) is 1. The molecule has 17 heavy (non-hydrogen) atoms. The number of ether oxygens (including phenoxy) is 1. The van der Waals surface area contributed by atoms with E-state index in [-0.39, 0.29) is 0 Å². The van der Waals surface area contributed by atoms with Crippen LogP contribution in [0.2, 0.25) is 0 Å². The summed E-state index contributed by atoms with van der Waals surface area (Å²) in [6.45, 7) is 3.67. The van der Waals surface area contributed by atoms with Crippen LogP contribution in [0, 0.1) is 0 Å². The zero-order valence-electron chi connectivity index (χ0n) is 11.0. The van der Waals surface area contributed by atoms with Gasteiger partial charge in [-0.3, -0.25) is 4.90 Å². The van der Waals surface area contributed by atoms with Crippen molar-refractivity contribution in [2.75, 3.05) is 33.8 Å². The molecule has 1 aliphatic rings. The highest BCUT2D eigenvalue weighted by molar-refractivity contribution is 5.78. The molecular weight excluding hydrogens is 220 g/mol. The molecule has 5 nitrogen and oxygen atoms in total. The second-order valence-corrected chi connectivity index (χ2v) is 4.94. The Hall–Kier alpha value is -0.650. The lowest BCUT2D eigenvalue weighted by Crippen LogP contribution is -2.54. The molecule has 1 rings (SSSR count). The first kappa shape index (κ1) is 14.4. The number of likely N-dealkylation sites (tertiary alicyclic amines) is 1. The summed E-state index contributed by atoms with van der Waals surface area (Å²) < 4.78 is 4.62. The van der Waals surface area contributed by atoms with Crippen LogP contribution in [0.25, 0.3) is 0 Å². The summed E-state index contributed by atoms with van der Waals surface area (Å²) in [6.07, 6.45) is 3.44. The lowest BCUT2D eigenvalue weighted by molar-refractivity contribution is -0.163. The van der Waals surface area contributed by atoms with Crippen molar-refractivity contribution in [3.8, 4) is 0 Å². The maximum Gasteiger partial charge on any atom is 0.338 e. The number of carbonyl (C=O) groups excluding carboxylic acids is 1. The lowest BCUT2D eigenvalue weighted by Gasteiger charge is -2.38. The molecule has 1 heterocycles. The van der Waals surface area contributed by atoms with Gasteiger partial charge in [0, 0.05) is 19.1 Å². The van der Waals surface area contributed by atoms with Crippen LogP contribution in [0.15, 0.2) is 0 Å². The Labute approximate surface area is 103 Å². The van der Waals surface area contributed by atoms with Crippen LogP contribution in [-0.4, -0.2) is 61.4 Å². The van der Waals surface area contributed by atoms with E-state index in [1.165, 1.54) is 20.5 Å². The normalized spacial score (nSPS) is 25.3. The predicted molar refractivity (Wildman–Crippen MR) is 65.8 cm³/mol. The van der Waals surface area contributed by atoms with E-state index in [0.29, 0.717) is 12.6 Å². The fourth-order valence-corrected chi connectivity index (χ4v) is 2.41. The first-order chi connectivity index (χ1) is 8.01. The summed E-state index contributed by atoms with van der Waals surface area (Å²) in [5.74, 6) is -0.564. The number of methoxy groups -OCH3 is 1. The van der Waals surface area contributed by atoms with Crippen molar-refractivity contribution in [1.29, 1.82) is 0 Å². The maximum absolute atomic E-state index is 11.5. The SMILES string of the molecule is CNCC1CCCCN1CC(C)(O)C(=O)OC. The fourth-order valence-electron chi connectivity index (χ4n) is 2.41. The Morgan fingerprint density at radius 3 is 2.88 bits per heavy atom. The fraction of sp³-hybridized carbons (Fsp3) is 0.917. The number of rotatable bonds is 5. The zero-order valence-corrected chi connectivity index (χ0v) is 11.0. The third-order valence-corrected chi connectivity index (χ3v) is 3.32. The van der Waals surface area contributed by atoms with Gasteiger partial charge in [0.25, 0.3) is 0 Å². The molecule has 0 radical (unpaired) electrons. The highest BCUT2D eigenvalue weighted by Crippen LogP contribution is 2.19. The molecule has 1 fully saturated rings. The molecular formula is C12H24N2O3. The summed E-state index contributed by atoms with van der Waals surface area (Å²) in [5, 5.41) is 13.2. The predicted octanol–water partition coefficient (Wildman–Crippen LogP) is -0.0157. The molecule has 1 saturated heterocycles. The molecule has 0 aromatic carbocycles. The van der Waals surface area contributed by atoms with Crippen molar-refractivity contribution >= 4 is 5.97 Å². The van der Waals surface area contributed by atoms with Gasteiger partial charge in [-0.1, -0.05) is 6.42 Å². The monoisotopic (exact) mass is 244 g/mol. The van der Waals surface area contributed by atoms with Gasteiger partial charge in [-0.2, -0.15) is 0 Å².